The number of hydrogen-bond acceptors (Lipinski definition) is 3. The van der Waals surface area contributed by atoms with E-state index in [0.717, 1.165) is 0 Å². The highest BCUT2D eigenvalue weighted by molar-refractivity contribution is 7.12. The number of rotatable bonds is 2. The Morgan fingerprint density at radius 3 is 3.00 bits per heavy atom. The first-order valence-electron chi connectivity index (χ1n) is 2.64. The van der Waals surface area contributed by atoms with Crippen LogP contribution in [-0.4, -0.2) is 11.1 Å². The number of carbonyl (C=O) groups is 1. The van der Waals surface area contributed by atoms with Crippen LogP contribution in [0.25, 0.3) is 0 Å². The summed E-state index contributed by atoms with van der Waals surface area (Å²) in [6.07, 6.45) is 1.65. The van der Waals surface area contributed by atoms with Crippen molar-refractivity contribution in [3.05, 3.63) is 11.6 Å². The summed E-state index contributed by atoms with van der Waals surface area (Å²) in [6.45, 7) is -0.0602. The van der Waals surface area contributed by atoms with Gasteiger partial charge in [-0.2, -0.15) is 0 Å². The Morgan fingerprint density at radius 1 is 1.90 bits per heavy atom. The second kappa shape index (κ2) is 2.66. The average Bonchev–Trinajstić information content (AvgIpc) is 2.15. The Morgan fingerprint density at radius 2 is 2.60 bits per heavy atom. The lowest BCUT2D eigenvalue weighted by Crippen LogP contribution is -2.37. The zero-order valence-electron chi connectivity index (χ0n) is 5.15. The molecule has 1 heterocycles. The van der Waals surface area contributed by atoms with Gasteiger partial charge < -0.3 is 5.11 Å². The normalized spacial score (nSPS) is 9.60. The average molecular weight is 159 g/mol. The van der Waals surface area contributed by atoms with Gasteiger partial charge in [0, 0.05) is 5.38 Å². The maximum atomic E-state index is 10.1. The summed E-state index contributed by atoms with van der Waals surface area (Å²) >= 11 is 1.32. The van der Waals surface area contributed by atoms with Crippen LogP contribution in [0.1, 0.15) is 0 Å². The van der Waals surface area contributed by atoms with E-state index >= 15 is 0 Å². The standard InChI is InChI=1S/C5H6N2O2S/c6-5-7(1-2-10-5)3-4(8)9/h1-2,6H,3H2,(H,8,9)/p+1. The van der Waals surface area contributed by atoms with Crippen LogP contribution in [0.3, 0.4) is 0 Å². The summed E-state index contributed by atoms with van der Waals surface area (Å²) in [5, 5.41) is 10.6. The first kappa shape index (κ1) is 7.01. The molecule has 0 saturated carbocycles. The second-order valence-corrected chi connectivity index (χ2v) is 2.69. The molecule has 1 aromatic rings. The highest BCUT2D eigenvalue weighted by Crippen LogP contribution is 2.01. The van der Waals surface area contributed by atoms with Gasteiger partial charge in [0.25, 0.3) is 0 Å². The monoisotopic (exact) mass is 159 g/mol. The molecule has 0 atom stereocenters. The maximum Gasteiger partial charge on any atom is 0.346 e. The quantitative estimate of drug-likeness (QED) is 0.582. The van der Waals surface area contributed by atoms with Crippen LogP contribution in [0, 0.1) is 0 Å². The summed E-state index contributed by atoms with van der Waals surface area (Å²) in [5.74, 6) is -0.880. The van der Waals surface area contributed by atoms with Gasteiger partial charge >= 0.3 is 11.1 Å². The van der Waals surface area contributed by atoms with Crippen molar-refractivity contribution in [1.29, 1.82) is 0 Å². The summed E-state index contributed by atoms with van der Waals surface area (Å²) in [5.41, 5.74) is 5.41. The van der Waals surface area contributed by atoms with Gasteiger partial charge in [0.1, 0.15) is 6.20 Å². The molecule has 0 fully saturated rings. The van der Waals surface area contributed by atoms with E-state index in [4.69, 9.17) is 10.8 Å². The number of nitrogens with zero attached hydrogens (tertiary/aromatic N) is 1. The van der Waals surface area contributed by atoms with Gasteiger partial charge in [-0.1, -0.05) is 11.3 Å². The molecular formula is C5H7N2O2S+. The van der Waals surface area contributed by atoms with Crippen molar-refractivity contribution >= 4 is 22.4 Å². The van der Waals surface area contributed by atoms with E-state index in [1.807, 2.05) is 0 Å². The highest BCUT2D eigenvalue weighted by atomic mass is 32.1. The molecule has 0 aliphatic rings. The van der Waals surface area contributed by atoms with Crippen molar-refractivity contribution < 1.29 is 14.5 Å². The second-order valence-electron chi connectivity index (χ2n) is 1.76. The van der Waals surface area contributed by atoms with E-state index in [1.165, 1.54) is 15.9 Å². The van der Waals surface area contributed by atoms with Crippen LogP contribution in [0.5, 0.6) is 0 Å². The van der Waals surface area contributed by atoms with E-state index in [9.17, 15) is 4.79 Å². The number of carboxylic acid groups (broad SMARTS) is 1. The number of nitrogen functional groups attached to an aromatic ring is 1. The van der Waals surface area contributed by atoms with Crippen LogP contribution >= 0.6 is 11.3 Å². The van der Waals surface area contributed by atoms with E-state index in [0.29, 0.717) is 5.13 Å². The lowest BCUT2D eigenvalue weighted by atomic mass is 10.6. The number of hydrogen-bond donors (Lipinski definition) is 2. The van der Waals surface area contributed by atoms with Crippen LogP contribution in [0.15, 0.2) is 11.6 Å². The topological polar surface area (TPSA) is 67.2 Å². The summed E-state index contributed by atoms with van der Waals surface area (Å²) in [4.78, 5) is 10.1. The smallest absolute Gasteiger partial charge is 0.346 e. The Balaban J connectivity index is 2.74. The number of nitrogens with two attached hydrogens (primary N) is 1. The van der Waals surface area contributed by atoms with Gasteiger partial charge in [0.05, 0.1) is 0 Å². The molecule has 54 valence electrons. The van der Waals surface area contributed by atoms with Gasteiger partial charge in [-0.25, -0.2) is 9.36 Å². The predicted molar refractivity (Wildman–Crippen MR) is 36.6 cm³/mol. The molecule has 0 amide bonds. The van der Waals surface area contributed by atoms with Gasteiger partial charge in [0.15, 0.2) is 6.54 Å². The van der Waals surface area contributed by atoms with Crippen molar-refractivity contribution in [2.45, 2.75) is 6.54 Å². The first-order valence-corrected chi connectivity index (χ1v) is 3.52. The van der Waals surface area contributed by atoms with Crippen LogP contribution < -0.4 is 10.3 Å². The maximum absolute atomic E-state index is 10.1. The summed E-state index contributed by atoms with van der Waals surface area (Å²) < 4.78 is 1.48. The van der Waals surface area contributed by atoms with Crippen LogP contribution in [-0.2, 0) is 11.3 Å². The zero-order valence-corrected chi connectivity index (χ0v) is 5.97. The Kier molecular flexibility index (Phi) is 1.86. The predicted octanol–water partition coefficient (Wildman–Crippen LogP) is -0.298. The fourth-order valence-corrected chi connectivity index (χ4v) is 1.20. The minimum absolute atomic E-state index is 0.0602. The fraction of sp³-hybridized carbons (Fsp3) is 0.200. The van der Waals surface area contributed by atoms with Gasteiger partial charge in [-0.15, -0.1) is 0 Å². The Hall–Kier alpha value is -1.10. The third-order valence-electron chi connectivity index (χ3n) is 1.02. The zero-order chi connectivity index (χ0) is 7.56. The van der Waals surface area contributed by atoms with E-state index in [-0.39, 0.29) is 6.54 Å². The molecule has 0 unspecified atom stereocenters. The highest BCUT2D eigenvalue weighted by Gasteiger charge is 2.08. The van der Waals surface area contributed by atoms with E-state index in [1.54, 1.807) is 11.6 Å². The SMILES string of the molecule is Nc1scc[n+]1CC(=O)O. The van der Waals surface area contributed by atoms with Crippen molar-refractivity contribution in [3.63, 3.8) is 0 Å². The van der Waals surface area contributed by atoms with E-state index in [2.05, 4.69) is 0 Å². The largest absolute Gasteiger partial charge is 0.478 e. The molecule has 1 aromatic heterocycles. The molecule has 0 aliphatic heterocycles. The summed E-state index contributed by atoms with van der Waals surface area (Å²) in [6, 6.07) is 0. The van der Waals surface area contributed by atoms with Crippen molar-refractivity contribution in [3.8, 4) is 0 Å². The van der Waals surface area contributed by atoms with E-state index < -0.39 is 5.97 Å². The number of aromatic nitrogens is 1. The lowest BCUT2D eigenvalue weighted by Gasteiger charge is -1.89. The van der Waals surface area contributed by atoms with Gasteiger partial charge in [0.2, 0.25) is 0 Å². The molecule has 4 nitrogen and oxygen atoms in total. The number of thiazole rings is 1. The van der Waals surface area contributed by atoms with Crippen molar-refractivity contribution in [2.75, 3.05) is 5.73 Å². The minimum Gasteiger partial charge on any atom is -0.478 e. The third-order valence-corrected chi connectivity index (χ3v) is 1.75. The van der Waals surface area contributed by atoms with Crippen LogP contribution in [0.4, 0.5) is 5.13 Å². The minimum atomic E-state index is -0.880. The fourth-order valence-electron chi connectivity index (χ4n) is 0.591. The number of carboxylic acids is 1. The molecule has 5 heteroatoms. The summed E-state index contributed by atoms with van der Waals surface area (Å²) in [7, 11) is 0. The molecule has 0 aliphatic carbocycles. The molecule has 0 saturated heterocycles. The Labute approximate surface area is 61.5 Å². The van der Waals surface area contributed by atoms with Gasteiger partial charge in [-0.05, 0) is 0 Å². The lowest BCUT2D eigenvalue weighted by molar-refractivity contribution is -0.667. The van der Waals surface area contributed by atoms with Crippen LogP contribution in [0.2, 0.25) is 0 Å². The molecule has 0 bridgehead atoms. The van der Waals surface area contributed by atoms with Crippen molar-refractivity contribution in [2.24, 2.45) is 0 Å². The first-order chi connectivity index (χ1) is 4.70. The third kappa shape index (κ3) is 1.44. The van der Waals surface area contributed by atoms with Crippen molar-refractivity contribution in [1.82, 2.24) is 0 Å². The molecule has 0 spiro atoms. The van der Waals surface area contributed by atoms with Gasteiger partial charge in [-0.3, -0.25) is 5.73 Å². The number of aliphatic carboxylic acids is 1. The molecule has 1 rings (SSSR count). The molecule has 0 aromatic carbocycles. The molecular weight excluding hydrogens is 152 g/mol. The Bertz CT molecular complexity index is 246. The number of anilines is 1. The molecule has 3 N–H and O–H groups in total. The molecule has 0 radical (unpaired) electrons. The molecule has 10 heavy (non-hydrogen) atoms.